The average Bonchev–Trinajstić information content (AvgIpc) is 2.73. The van der Waals surface area contributed by atoms with E-state index in [1.54, 1.807) is 0 Å². The van der Waals surface area contributed by atoms with Crippen molar-refractivity contribution >= 4 is 0 Å². The molecule has 1 N–H and O–H groups in total. The van der Waals surface area contributed by atoms with Crippen LogP contribution in [0.1, 0.15) is 11.6 Å². The molecule has 0 saturated carbocycles. The molecule has 4 nitrogen and oxygen atoms in total. The van der Waals surface area contributed by atoms with Gasteiger partial charge in [-0.3, -0.25) is 4.90 Å². The molecular formula is C13H24N4. The third-order valence-electron chi connectivity index (χ3n) is 3.37. The molecule has 1 saturated heterocycles. The first-order valence-electron chi connectivity index (χ1n) is 6.38. The summed E-state index contributed by atoms with van der Waals surface area (Å²) in [7, 11) is 6.39. The molecule has 17 heavy (non-hydrogen) atoms. The molecule has 1 aromatic heterocycles. The summed E-state index contributed by atoms with van der Waals surface area (Å²) in [6, 6.07) is 2.77. The van der Waals surface area contributed by atoms with Gasteiger partial charge >= 0.3 is 0 Å². The monoisotopic (exact) mass is 236 g/mol. The second-order valence-corrected chi connectivity index (χ2v) is 5.17. The number of aryl methyl sites for hydroxylation is 1. The van der Waals surface area contributed by atoms with Gasteiger partial charge in [0.05, 0.1) is 0 Å². The van der Waals surface area contributed by atoms with Gasteiger partial charge < -0.3 is 14.8 Å². The summed E-state index contributed by atoms with van der Waals surface area (Å²) < 4.78 is 2.14. The van der Waals surface area contributed by atoms with Crippen molar-refractivity contribution in [2.75, 3.05) is 46.8 Å². The van der Waals surface area contributed by atoms with Crippen molar-refractivity contribution in [1.29, 1.82) is 0 Å². The number of nitrogens with zero attached hydrogens (tertiary/aromatic N) is 3. The largest absolute Gasteiger partial charge is 0.357 e. The summed E-state index contributed by atoms with van der Waals surface area (Å²) in [5.74, 6) is 0. The minimum atomic E-state index is 0.522. The fourth-order valence-electron chi connectivity index (χ4n) is 2.49. The lowest BCUT2D eigenvalue weighted by Crippen LogP contribution is -2.47. The van der Waals surface area contributed by atoms with Crippen molar-refractivity contribution in [3.63, 3.8) is 0 Å². The second kappa shape index (κ2) is 5.67. The number of piperazine rings is 1. The van der Waals surface area contributed by atoms with Crippen molar-refractivity contribution in [3.8, 4) is 0 Å². The number of aromatic nitrogens is 1. The molecule has 1 aliphatic heterocycles. The maximum absolute atomic E-state index is 3.42. The van der Waals surface area contributed by atoms with Crippen LogP contribution in [0.3, 0.4) is 0 Å². The maximum Gasteiger partial charge on any atom is 0.0491 e. The number of nitrogens with one attached hydrogen (secondary N) is 1. The van der Waals surface area contributed by atoms with Crippen molar-refractivity contribution in [3.05, 3.63) is 24.0 Å². The smallest absolute Gasteiger partial charge is 0.0491 e. The summed E-state index contributed by atoms with van der Waals surface area (Å²) in [6.07, 6.45) is 4.39. The van der Waals surface area contributed by atoms with E-state index in [2.05, 4.69) is 59.3 Å². The lowest BCUT2D eigenvalue weighted by molar-refractivity contribution is 0.145. The number of hydrogen-bond acceptors (Lipinski definition) is 3. The van der Waals surface area contributed by atoms with Gasteiger partial charge in [-0.05, 0) is 25.7 Å². The van der Waals surface area contributed by atoms with E-state index in [9.17, 15) is 0 Å². The molecule has 2 rings (SSSR count). The summed E-state index contributed by atoms with van der Waals surface area (Å²) in [6.45, 7) is 5.60. The Hall–Kier alpha value is -0.840. The molecule has 0 amide bonds. The van der Waals surface area contributed by atoms with Crippen LogP contribution >= 0.6 is 0 Å². The maximum atomic E-state index is 3.42. The quantitative estimate of drug-likeness (QED) is 0.825. The number of rotatable bonds is 4. The Kier molecular flexibility index (Phi) is 4.20. The van der Waals surface area contributed by atoms with Crippen LogP contribution in [0.5, 0.6) is 0 Å². The highest BCUT2D eigenvalue weighted by Gasteiger charge is 2.23. The Morgan fingerprint density at radius 3 is 2.59 bits per heavy atom. The van der Waals surface area contributed by atoms with Gasteiger partial charge in [0, 0.05) is 58.2 Å². The predicted molar refractivity (Wildman–Crippen MR) is 71.2 cm³/mol. The molecule has 0 aliphatic carbocycles. The average molecular weight is 236 g/mol. The van der Waals surface area contributed by atoms with Crippen LogP contribution in [-0.2, 0) is 7.05 Å². The van der Waals surface area contributed by atoms with Crippen molar-refractivity contribution in [1.82, 2.24) is 19.7 Å². The minimum absolute atomic E-state index is 0.522. The van der Waals surface area contributed by atoms with Gasteiger partial charge in [-0.25, -0.2) is 0 Å². The first-order valence-corrected chi connectivity index (χ1v) is 6.38. The predicted octanol–water partition coefficient (Wildman–Crippen LogP) is 0.533. The Balaban J connectivity index is 2.11. The Morgan fingerprint density at radius 1 is 1.35 bits per heavy atom. The van der Waals surface area contributed by atoms with Gasteiger partial charge in [-0.2, -0.15) is 0 Å². The third-order valence-corrected chi connectivity index (χ3v) is 3.37. The minimum Gasteiger partial charge on any atom is -0.357 e. The second-order valence-electron chi connectivity index (χ2n) is 5.17. The molecule has 0 aromatic carbocycles. The molecule has 96 valence electrons. The van der Waals surface area contributed by atoms with Gasteiger partial charge in [0.25, 0.3) is 0 Å². The number of likely N-dealkylation sites (N-methyl/N-ethyl adjacent to an activating group) is 1. The van der Waals surface area contributed by atoms with Crippen LogP contribution in [0.4, 0.5) is 0 Å². The van der Waals surface area contributed by atoms with Crippen molar-refractivity contribution < 1.29 is 0 Å². The molecular weight excluding hydrogens is 212 g/mol. The van der Waals surface area contributed by atoms with Crippen molar-refractivity contribution in [2.45, 2.75) is 6.04 Å². The summed E-state index contributed by atoms with van der Waals surface area (Å²) >= 11 is 0. The summed E-state index contributed by atoms with van der Waals surface area (Å²) in [5.41, 5.74) is 1.43. The van der Waals surface area contributed by atoms with E-state index in [0.29, 0.717) is 6.04 Å². The SMILES string of the molecule is CN(C)CC(c1ccn(C)c1)N1CCNCC1. The van der Waals surface area contributed by atoms with E-state index in [0.717, 1.165) is 32.7 Å². The fraction of sp³-hybridized carbons (Fsp3) is 0.692. The van der Waals surface area contributed by atoms with Gasteiger partial charge in [-0.1, -0.05) is 0 Å². The fourth-order valence-corrected chi connectivity index (χ4v) is 2.49. The standard InChI is InChI=1S/C13H24N4/c1-15(2)11-13(12-4-7-16(3)10-12)17-8-5-14-6-9-17/h4,7,10,13-14H,5-6,8-9,11H2,1-3H3. The lowest BCUT2D eigenvalue weighted by atomic mass is 10.1. The topological polar surface area (TPSA) is 23.4 Å². The van der Waals surface area contributed by atoms with Crippen LogP contribution in [0.2, 0.25) is 0 Å². The molecule has 1 atom stereocenters. The molecule has 1 unspecified atom stereocenters. The van der Waals surface area contributed by atoms with E-state index >= 15 is 0 Å². The first kappa shape index (κ1) is 12.6. The zero-order valence-electron chi connectivity index (χ0n) is 11.2. The van der Waals surface area contributed by atoms with Gasteiger partial charge in [0.15, 0.2) is 0 Å². The van der Waals surface area contributed by atoms with Crippen LogP contribution in [0.15, 0.2) is 18.5 Å². The normalized spacial score (nSPS) is 19.8. The van der Waals surface area contributed by atoms with E-state index < -0.39 is 0 Å². The van der Waals surface area contributed by atoms with E-state index in [1.807, 2.05) is 0 Å². The van der Waals surface area contributed by atoms with Crippen LogP contribution in [-0.4, -0.2) is 61.2 Å². The summed E-state index contributed by atoms with van der Waals surface area (Å²) in [5, 5.41) is 3.42. The Morgan fingerprint density at radius 2 is 2.06 bits per heavy atom. The van der Waals surface area contributed by atoms with Gasteiger partial charge in [0.2, 0.25) is 0 Å². The zero-order chi connectivity index (χ0) is 12.3. The highest BCUT2D eigenvalue weighted by molar-refractivity contribution is 5.16. The Labute approximate surface area is 104 Å². The highest BCUT2D eigenvalue weighted by Crippen LogP contribution is 2.21. The van der Waals surface area contributed by atoms with Crippen LogP contribution in [0.25, 0.3) is 0 Å². The van der Waals surface area contributed by atoms with E-state index in [1.165, 1.54) is 5.56 Å². The van der Waals surface area contributed by atoms with Gasteiger partial charge in [-0.15, -0.1) is 0 Å². The molecule has 4 heteroatoms. The van der Waals surface area contributed by atoms with E-state index in [-0.39, 0.29) is 0 Å². The van der Waals surface area contributed by atoms with Gasteiger partial charge in [0.1, 0.15) is 0 Å². The lowest BCUT2D eigenvalue weighted by Gasteiger charge is -2.36. The van der Waals surface area contributed by atoms with Crippen LogP contribution in [0, 0.1) is 0 Å². The molecule has 0 radical (unpaired) electrons. The highest BCUT2D eigenvalue weighted by atomic mass is 15.2. The first-order chi connectivity index (χ1) is 8.16. The molecule has 2 heterocycles. The molecule has 0 bridgehead atoms. The summed E-state index contributed by atoms with van der Waals surface area (Å²) in [4.78, 5) is 4.87. The number of hydrogen-bond donors (Lipinski definition) is 1. The molecule has 1 aromatic rings. The molecule has 0 spiro atoms. The van der Waals surface area contributed by atoms with Crippen molar-refractivity contribution in [2.24, 2.45) is 7.05 Å². The zero-order valence-corrected chi connectivity index (χ0v) is 11.2. The third kappa shape index (κ3) is 3.31. The Bertz CT molecular complexity index is 339. The molecule has 1 aliphatic rings. The van der Waals surface area contributed by atoms with E-state index in [4.69, 9.17) is 0 Å². The van der Waals surface area contributed by atoms with Crippen LogP contribution < -0.4 is 5.32 Å². The molecule has 1 fully saturated rings.